The van der Waals surface area contributed by atoms with Gasteiger partial charge in [0, 0.05) is 39.3 Å². The van der Waals surface area contributed by atoms with Gasteiger partial charge in [0.15, 0.2) is 5.65 Å². The van der Waals surface area contributed by atoms with Crippen LogP contribution in [-0.4, -0.2) is 84.0 Å². The Balaban J connectivity index is 1.62. The number of imidazole rings is 1. The zero-order valence-electron chi connectivity index (χ0n) is 18.2. The third kappa shape index (κ3) is 4.34. The number of amides is 1. The Morgan fingerprint density at radius 1 is 1.20 bits per heavy atom. The highest BCUT2D eigenvalue weighted by Crippen LogP contribution is 2.28. The van der Waals surface area contributed by atoms with Crippen LogP contribution >= 0.6 is 0 Å². The van der Waals surface area contributed by atoms with E-state index < -0.39 is 8.07 Å². The Labute approximate surface area is 177 Å². The largest absolute Gasteiger partial charge is 0.450 e. The minimum absolute atomic E-state index is 0.0606. The molecule has 2 fully saturated rings. The molecule has 0 spiro atoms. The van der Waals surface area contributed by atoms with Crippen LogP contribution in [0.2, 0.25) is 19.6 Å². The summed E-state index contributed by atoms with van der Waals surface area (Å²) in [7, 11) is -1.59. The molecule has 4 heterocycles. The lowest BCUT2D eigenvalue weighted by Gasteiger charge is -2.37. The van der Waals surface area contributed by atoms with Gasteiger partial charge in [0.05, 0.1) is 31.6 Å². The normalized spacial score (nSPS) is 24.1. The summed E-state index contributed by atoms with van der Waals surface area (Å²) in [5.41, 5.74) is 2.11. The number of nitrogens with zero attached hydrogens (tertiary/aromatic N) is 4. The maximum absolute atomic E-state index is 13.0. The Hall–Kier alpha value is -2.08. The highest BCUT2D eigenvalue weighted by Gasteiger charge is 2.35. The first-order valence-electron chi connectivity index (χ1n) is 10.7. The average molecular weight is 433 g/mol. The summed E-state index contributed by atoms with van der Waals surface area (Å²) < 4.78 is 5.85. The van der Waals surface area contributed by atoms with Crippen molar-refractivity contribution in [2.75, 3.05) is 39.3 Å². The van der Waals surface area contributed by atoms with Gasteiger partial charge in [-0.3, -0.25) is 4.90 Å². The fourth-order valence-corrected chi connectivity index (χ4v) is 4.15. The second-order valence-electron chi connectivity index (χ2n) is 9.10. The van der Waals surface area contributed by atoms with E-state index in [4.69, 9.17) is 4.74 Å². The van der Waals surface area contributed by atoms with E-state index in [1.807, 2.05) is 6.92 Å². The summed E-state index contributed by atoms with van der Waals surface area (Å²) in [6.07, 6.45) is 1.25. The maximum atomic E-state index is 13.0. The number of hydrogen-bond donors (Lipinski definition) is 4. The lowest BCUT2D eigenvalue weighted by molar-refractivity contribution is 0.0684. The zero-order chi connectivity index (χ0) is 21.3. The summed E-state index contributed by atoms with van der Waals surface area (Å²) in [4.78, 5) is 31.8. The van der Waals surface area contributed by atoms with Gasteiger partial charge >= 0.3 is 6.09 Å². The molecule has 1 amide bonds. The molecular formula is C19H32N8O2Si. The summed E-state index contributed by atoms with van der Waals surface area (Å²) in [6, 6.07) is -0.139. The van der Waals surface area contributed by atoms with Crippen LogP contribution in [0.5, 0.6) is 0 Å². The van der Waals surface area contributed by atoms with Crippen molar-refractivity contribution in [1.29, 1.82) is 0 Å². The number of piperazine rings is 2. The van der Waals surface area contributed by atoms with E-state index in [-0.39, 0.29) is 23.9 Å². The van der Waals surface area contributed by atoms with Crippen LogP contribution in [-0.2, 0) is 4.74 Å². The quantitative estimate of drug-likeness (QED) is 0.527. The van der Waals surface area contributed by atoms with Crippen molar-refractivity contribution < 1.29 is 9.53 Å². The van der Waals surface area contributed by atoms with E-state index in [2.05, 4.69) is 55.5 Å². The molecule has 11 heteroatoms. The number of ether oxygens (including phenoxy) is 1. The topological polar surface area (TPSA) is 120 Å². The molecule has 2 aromatic heterocycles. The third-order valence-electron chi connectivity index (χ3n) is 6.00. The number of H-pyrrole nitrogens is 1. The van der Waals surface area contributed by atoms with Gasteiger partial charge in [-0.1, -0.05) is 19.6 Å². The maximum Gasteiger partial charge on any atom is 0.410 e. The van der Waals surface area contributed by atoms with Gasteiger partial charge < -0.3 is 25.7 Å². The van der Waals surface area contributed by atoms with Crippen LogP contribution in [0.1, 0.15) is 30.5 Å². The SMILES string of the molecule is CC(OC(=O)N1CCNCC1c1ncnc2nc(C3CNCCN3)[nH]c12)[Si](C)(C)C. The minimum Gasteiger partial charge on any atom is -0.450 e. The van der Waals surface area contributed by atoms with E-state index in [1.54, 1.807) is 4.90 Å². The molecule has 0 bridgehead atoms. The molecule has 0 aliphatic carbocycles. The fourth-order valence-electron chi connectivity index (χ4n) is 3.69. The number of rotatable bonds is 4. The molecule has 30 heavy (non-hydrogen) atoms. The van der Waals surface area contributed by atoms with Crippen molar-refractivity contribution in [3.8, 4) is 0 Å². The highest BCUT2D eigenvalue weighted by molar-refractivity contribution is 6.77. The molecule has 4 rings (SSSR count). The Bertz CT molecular complexity index is 892. The molecule has 164 valence electrons. The number of carbonyl (C=O) groups excluding carboxylic acids is 1. The first kappa shape index (κ1) is 21.2. The summed E-state index contributed by atoms with van der Waals surface area (Å²) in [5.74, 6) is 0.837. The van der Waals surface area contributed by atoms with E-state index >= 15 is 0 Å². The Kier molecular flexibility index (Phi) is 6.05. The van der Waals surface area contributed by atoms with Crippen molar-refractivity contribution in [2.24, 2.45) is 0 Å². The van der Waals surface area contributed by atoms with E-state index in [9.17, 15) is 4.79 Å². The molecule has 2 aliphatic heterocycles. The number of aromatic nitrogens is 4. The van der Waals surface area contributed by atoms with Gasteiger partial charge in [-0.25, -0.2) is 19.7 Å². The predicted octanol–water partition coefficient (Wildman–Crippen LogP) is 0.936. The van der Waals surface area contributed by atoms with Crippen molar-refractivity contribution in [2.45, 2.75) is 44.4 Å². The summed E-state index contributed by atoms with van der Waals surface area (Å²) in [5, 5.41) is 10.2. The second kappa shape index (κ2) is 8.58. The number of nitrogens with one attached hydrogen (secondary N) is 4. The van der Waals surface area contributed by atoms with Crippen molar-refractivity contribution >= 4 is 25.3 Å². The monoisotopic (exact) mass is 432 g/mol. The first-order valence-corrected chi connectivity index (χ1v) is 14.2. The molecule has 0 saturated carbocycles. The van der Waals surface area contributed by atoms with Crippen LogP contribution in [0, 0.1) is 0 Å². The second-order valence-corrected chi connectivity index (χ2v) is 14.6. The van der Waals surface area contributed by atoms with E-state index in [0.29, 0.717) is 18.7 Å². The van der Waals surface area contributed by atoms with Gasteiger partial charge in [-0.2, -0.15) is 0 Å². The summed E-state index contributed by atoms with van der Waals surface area (Å²) in [6.45, 7) is 13.2. The van der Waals surface area contributed by atoms with Gasteiger partial charge in [0.1, 0.15) is 17.7 Å². The molecule has 2 saturated heterocycles. The Morgan fingerprint density at radius 2 is 2.00 bits per heavy atom. The molecule has 10 nitrogen and oxygen atoms in total. The molecule has 3 atom stereocenters. The van der Waals surface area contributed by atoms with Crippen molar-refractivity contribution in [3.63, 3.8) is 0 Å². The molecule has 0 aromatic carbocycles. The van der Waals surface area contributed by atoms with Gasteiger partial charge in [0.2, 0.25) is 0 Å². The molecule has 3 unspecified atom stereocenters. The zero-order valence-corrected chi connectivity index (χ0v) is 19.2. The van der Waals surface area contributed by atoms with Crippen LogP contribution in [0.4, 0.5) is 4.79 Å². The highest BCUT2D eigenvalue weighted by atomic mass is 28.3. The fraction of sp³-hybridized carbons (Fsp3) is 0.684. The van der Waals surface area contributed by atoms with Crippen LogP contribution in [0.3, 0.4) is 0 Å². The molecule has 4 N–H and O–H groups in total. The van der Waals surface area contributed by atoms with Crippen molar-refractivity contribution in [1.82, 2.24) is 40.8 Å². The van der Waals surface area contributed by atoms with Crippen LogP contribution < -0.4 is 16.0 Å². The lowest BCUT2D eigenvalue weighted by atomic mass is 10.1. The molecular weight excluding hydrogens is 400 g/mol. The number of aromatic amines is 1. The molecule has 2 aromatic rings. The molecule has 2 aliphatic rings. The Morgan fingerprint density at radius 3 is 2.73 bits per heavy atom. The standard InChI is InChI=1S/C19H32N8O2Si/c1-12(30(2,3)4)29-19(28)27-8-7-21-10-14(27)15-16-18(24-11-23-15)26-17(25-16)13-9-20-5-6-22-13/h11-14,20-22H,5-10H2,1-4H3,(H,23,24,25,26). The van der Waals surface area contributed by atoms with Crippen LogP contribution in [0.15, 0.2) is 6.33 Å². The van der Waals surface area contributed by atoms with Crippen molar-refractivity contribution in [3.05, 3.63) is 17.8 Å². The van der Waals surface area contributed by atoms with Crippen LogP contribution in [0.25, 0.3) is 11.2 Å². The molecule has 0 radical (unpaired) electrons. The van der Waals surface area contributed by atoms with Gasteiger partial charge in [-0.15, -0.1) is 0 Å². The van der Waals surface area contributed by atoms with E-state index in [0.717, 1.165) is 43.2 Å². The third-order valence-corrected chi connectivity index (χ3v) is 8.55. The smallest absolute Gasteiger partial charge is 0.410 e. The van der Waals surface area contributed by atoms with Gasteiger partial charge in [0.25, 0.3) is 0 Å². The number of carbonyl (C=O) groups is 1. The minimum atomic E-state index is -1.59. The predicted molar refractivity (Wildman–Crippen MR) is 117 cm³/mol. The first-order chi connectivity index (χ1) is 14.3. The average Bonchev–Trinajstić information content (AvgIpc) is 3.18. The lowest BCUT2D eigenvalue weighted by Crippen LogP contribution is -2.51. The summed E-state index contributed by atoms with van der Waals surface area (Å²) >= 11 is 0. The number of hydrogen-bond acceptors (Lipinski definition) is 8. The number of fused-ring (bicyclic) bond motifs is 1. The van der Waals surface area contributed by atoms with E-state index in [1.165, 1.54) is 6.33 Å². The van der Waals surface area contributed by atoms with Gasteiger partial charge in [-0.05, 0) is 6.92 Å².